The summed E-state index contributed by atoms with van der Waals surface area (Å²) in [5.41, 5.74) is 5.64. The predicted octanol–water partition coefficient (Wildman–Crippen LogP) is 0.510. The van der Waals surface area contributed by atoms with Crippen molar-refractivity contribution in [2.45, 2.75) is 5.91 Å². The molecule has 14 heavy (non-hydrogen) atoms. The fraction of sp³-hybridized carbons (Fsp3) is 0.250. The average molecular weight is 305 g/mol. The molecule has 1 rings (SSSR count). The molecule has 0 aliphatic heterocycles. The summed E-state index contributed by atoms with van der Waals surface area (Å²) in [6, 6.07) is 1.79. The summed E-state index contributed by atoms with van der Waals surface area (Å²) in [5, 5.41) is 0. The van der Waals surface area contributed by atoms with Crippen molar-refractivity contribution >= 4 is 22.6 Å². The van der Waals surface area contributed by atoms with E-state index in [-0.39, 0.29) is 6.01 Å². The van der Waals surface area contributed by atoms with Gasteiger partial charge in [-0.3, -0.25) is 5.73 Å². The third kappa shape index (κ3) is 3.10. The molecule has 5 nitrogen and oxygen atoms in total. The van der Waals surface area contributed by atoms with Crippen LogP contribution in [0.15, 0.2) is 18.5 Å². The molecule has 2 N–H and O–H groups in total. The molecule has 0 bridgehead atoms. The fourth-order valence-corrected chi connectivity index (χ4v) is 1.03. The molecular weight excluding hydrogens is 297 g/mol. The van der Waals surface area contributed by atoms with Gasteiger partial charge in [0.2, 0.25) is 0 Å². The van der Waals surface area contributed by atoms with Crippen molar-refractivity contribution in [3.05, 3.63) is 18.5 Å². The van der Waals surface area contributed by atoms with E-state index in [1.165, 1.54) is 19.5 Å². The highest BCUT2D eigenvalue weighted by Crippen LogP contribution is 2.08. The van der Waals surface area contributed by atoms with Gasteiger partial charge < -0.3 is 9.47 Å². The molecule has 0 saturated heterocycles. The number of nitrogens with zero attached hydrogens (tertiary/aromatic N) is 2. The molecule has 1 unspecified atom stereocenters. The predicted molar refractivity (Wildman–Crippen MR) is 58.4 cm³/mol. The van der Waals surface area contributed by atoms with Gasteiger partial charge >= 0.3 is 11.9 Å². The van der Waals surface area contributed by atoms with Crippen molar-refractivity contribution < 1.29 is 9.47 Å². The van der Waals surface area contributed by atoms with Crippen molar-refractivity contribution in [2.75, 3.05) is 7.11 Å². The van der Waals surface area contributed by atoms with Gasteiger partial charge in [-0.2, -0.15) is 0 Å². The van der Waals surface area contributed by atoms with Gasteiger partial charge in [-0.05, 0) is 9.99 Å². The highest BCUT2D eigenvalue weighted by atomic mass is 127. The number of hydrogen-bond donors (Lipinski definition) is 1. The molecule has 6 heteroatoms. The van der Waals surface area contributed by atoms with Crippen LogP contribution in [0.1, 0.15) is 0 Å². The van der Waals surface area contributed by atoms with E-state index >= 15 is 0 Å². The van der Waals surface area contributed by atoms with E-state index in [4.69, 9.17) is 15.2 Å². The first-order valence-electron chi connectivity index (χ1n) is 3.63. The van der Waals surface area contributed by atoms with Gasteiger partial charge in [0.1, 0.15) is 0 Å². The topological polar surface area (TPSA) is 70.3 Å². The molecule has 1 heterocycles. The van der Waals surface area contributed by atoms with Crippen LogP contribution in [-0.4, -0.2) is 23.0 Å². The first-order chi connectivity index (χ1) is 6.70. The normalized spacial score (nSPS) is 13.6. The van der Waals surface area contributed by atoms with Gasteiger partial charge in [-0.15, -0.1) is 0 Å². The Morgan fingerprint density at radius 2 is 2.14 bits per heavy atom. The zero-order chi connectivity index (χ0) is 10.4. The molecule has 74 valence electrons. The molecule has 0 radical (unpaired) electrons. The van der Waals surface area contributed by atoms with Crippen LogP contribution in [0.4, 0.5) is 0 Å². The number of nitrogens with two attached hydrogens (primary N) is 1. The average Bonchev–Trinajstić information content (AvgIpc) is 2.20. The molecule has 1 aromatic rings. The summed E-state index contributed by atoms with van der Waals surface area (Å²) < 4.78 is 12.6. The minimum atomic E-state index is -1.50. The van der Waals surface area contributed by atoms with E-state index in [1.807, 2.05) is 22.6 Å². The molecule has 1 aromatic heterocycles. The molecule has 0 saturated carbocycles. The summed E-state index contributed by atoms with van der Waals surface area (Å²) in [4.78, 5) is 7.66. The van der Waals surface area contributed by atoms with Crippen LogP contribution in [-0.2, 0) is 4.74 Å². The van der Waals surface area contributed by atoms with Crippen LogP contribution in [0, 0.1) is 9.85 Å². The number of rotatable bonds is 3. The van der Waals surface area contributed by atoms with E-state index in [0.29, 0.717) is 0 Å². The molecular formula is C8H8IN3O2. The van der Waals surface area contributed by atoms with E-state index in [2.05, 4.69) is 19.8 Å². The Hall–Kier alpha value is -0.910. The lowest BCUT2D eigenvalue weighted by molar-refractivity contribution is -0.116. The van der Waals surface area contributed by atoms with E-state index in [1.54, 1.807) is 6.07 Å². The molecule has 1 atom stereocenters. The van der Waals surface area contributed by atoms with Crippen molar-refractivity contribution in [3.8, 4) is 15.9 Å². The maximum Gasteiger partial charge on any atom is 0.339 e. The molecule has 0 aliphatic carbocycles. The maximum absolute atomic E-state index is 5.64. The number of halogens is 1. The Bertz CT molecular complexity index is 349. The smallest absolute Gasteiger partial charge is 0.339 e. The molecule has 0 fully saturated rings. The van der Waals surface area contributed by atoms with Gasteiger partial charge in [0.05, 0.1) is 0 Å². The van der Waals surface area contributed by atoms with Crippen molar-refractivity contribution in [1.29, 1.82) is 0 Å². The highest BCUT2D eigenvalue weighted by molar-refractivity contribution is 14.1. The summed E-state index contributed by atoms with van der Waals surface area (Å²) in [7, 11) is 1.39. The molecule has 0 amide bonds. The van der Waals surface area contributed by atoms with Gasteiger partial charge in [-0.1, -0.05) is 0 Å². The van der Waals surface area contributed by atoms with Crippen molar-refractivity contribution in [3.63, 3.8) is 0 Å². The van der Waals surface area contributed by atoms with Crippen LogP contribution >= 0.6 is 22.6 Å². The molecule has 0 aromatic carbocycles. The minimum absolute atomic E-state index is 0.121. The van der Waals surface area contributed by atoms with Crippen LogP contribution < -0.4 is 10.5 Å². The van der Waals surface area contributed by atoms with Gasteiger partial charge in [-0.25, -0.2) is 9.97 Å². The first-order valence-corrected chi connectivity index (χ1v) is 4.71. The van der Waals surface area contributed by atoms with Crippen LogP contribution in [0.2, 0.25) is 0 Å². The molecule has 0 aliphatic rings. The second-order valence-electron chi connectivity index (χ2n) is 2.22. The Morgan fingerprint density at radius 1 is 1.50 bits per heavy atom. The zero-order valence-electron chi connectivity index (χ0n) is 7.40. The SMILES string of the molecule is COC(N)(C#CI)Oc1ncccn1. The third-order valence-electron chi connectivity index (χ3n) is 1.31. The standard InChI is InChI=1S/C8H8IN3O2/c1-13-8(10,3-4-9)14-7-11-5-2-6-12-7/h2,5-6H,10H2,1H3. The van der Waals surface area contributed by atoms with Crippen LogP contribution in [0.5, 0.6) is 6.01 Å². The maximum atomic E-state index is 5.64. The van der Waals surface area contributed by atoms with E-state index in [0.717, 1.165) is 0 Å². The lowest BCUT2D eigenvalue weighted by atomic mass is 10.5. The number of ether oxygens (including phenoxy) is 2. The van der Waals surface area contributed by atoms with E-state index in [9.17, 15) is 0 Å². The quantitative estimate of drug-likeness (QED) is 0.500. The lowest BCUT2D eigenvalue weighted by Crippen LogP contribution is -2.46. The van der Waals surface area contributed by atoms with E-state index < -0.39 is 5.91 Å². The fourth-order valence-electron chi connectivity index (χ4n) is 0.658. The van der Waals surface area contributed by atoms with Crippen molar-refractivity contribution in [1.82, 2.24) is 9.97 Å². The largest absolute Gasteiger partial charge is 0.405 e. The van der Waals surface area contributed by atoms with Crippen molar-refractivity contribution in [2.24, 2.45) is 5.73 Å². The minimum Gasteiger partial charge on any atom is -0.405 e. The van der Waals surface area contributed by atoms with Gasteiger partial charge in [0.25, 0.3) is 0 Å². The Morgan fingerprint density at radius 3 is 2.64 bits per heavy atom. The summed E-state index contributed by atoms with van der Waals surface area (Å²) >= 11 is 1.84. The highest BCUT2D eigenvalue weighted by Gasteiger charge is 2.25. The Kier molecular flexibility index (Phi) is 4.06. The summed E-state index contributed by atoms with van der Waals surface area (Å²) in [5.74, 6) is 1.05. The lowest BCUT2D eigenvalue weighted by Gasteiger charge is -2.20. The third-order valence-corrected chi connectivity index (χ3v) is 1.58. The van der Waals surface area contributed by atoms with Crippen LogP contribution in [0.3, 0.4) is 0 Å². The zero-order valence-corrected chi connectivity index (χ0v) is 9.56. The Balaban J connectivity index is 2.79. The number of hydrogen-bond acceptors (Lipinski definition) is 5. The van der Waals surface area contributed by atoms with Crippen LogP contribution in [0.25, 0.3) is 0 Å². The second kappa shape index (κ2) is 5.09. The van der Waals surface area contributed by atoms with Gasteiger partial charge in [0, 0.05) is 48.0 Å². The number of methoxy groups -OCH3 is 1. The summed E-state index contributed by atoms with van der Waals surface area (Å²) in [6.07, 6.45) is 3.08. The molecule has 0 spiro atoms. The monoisotopic (exact) mass is 305 g/mol. The summed E-state index contributed by atoms with van der Waals surface area (Å²) in [6.45, 7) is 0. The first kappa shape index (κ1) is 11.2. The van der Waals surface area contributed by atoms with Gasteiger partial charge in [0.15, 0.2) is 0 Å². The number of aromatic nitrogens is 2. The second-order valence-corrected chi connectivity index (χ2v) is 2.76. The Labute approximate surface area is 95.2 Å².